The molecule has 0 aromatic carbocycles. The fourth-order valence-corrected chi connectivity index (χ4v) is 3.09. The summed E-state index contributed by atoms with van der Waals surface area (Å²) in [5, 5.41) is 2.92. The third-order valence-electron chi connectivity index (χ3n) is 4.37. The van der Waals surface area contributed by atoms with Gasteiger partial charge in [0.1, 0.15) is 5.54 Å². The van der Waals surface area contributed by atoms with Crippen LogP contribution >= 0.6 is 0 Å². The van der Waals surface area contributed by atoms with Crippen molar-refractivity contribution in [3.8, 4) is 0 Å². The van der Waals surface area contributed by atoms with Gasteiger partial charge in [-0.2, -0.15) is 0 Å². The Morgan fingerprint density at radius 1 is 1.32 bits per heavy atom. The molecule has 1 aliphatic heterocycles. The molecule has 6 heteroatoms. The van der Waals surface area contributed by atoms with E-state index in [1.54, 1.807) is 0 Å². The summed E-state index contributed by atoms with van der Waals surface area (Å²) < 4.78 is 4.54. The van der Waals surface area contributed by atoms with E-state index < -0.39 is 11.5 Å². The lowest BCUT2D eigenvalue weighted by Gasteiger charge is -2.26. The van der Waals surface area contributed by atoms with Crippen molar-refractivity contribution < 1.29 is 19.1 Å². The summed E-state index contributed by atoms with van der Waals surface area (Å²) in [4.78, 5) is 36.9. The molecule has 0 atom stereocenters. The van der Waals surface area contributed by atoms with Gasteiger partial charge in [-0.15, -0.1) is 0 Å². The zero-order valence-electron chi connectivity index (χ0n) is 11.0. The number of amides is 3. The molecule has 0 spiro atoms. The van der Waals surface area contributed by atoms with Crippen LogP contribution in [0.1, 0.15) is 32.1 Å². The first-order valence-electron chi connectivity index (χ1n) is 6.80. The molecular weight excluding hydrogens is 248 g/mol. The molecule has 1 heterocycles. The smallest absolute Gasteiger partial charge is 0.325 e. The molecule has 0 unspecified atom stereocenters. The van der Waals surface area contributed by atoms with Crippen LogP contribution in [0.3, 0.4) is 0 Å². The molecule has 2 saturated carbocycles. The van der Waals surface area contributed by atoms with Gasteiger partial charge in [-0.3, -0.25) is 14.5 Å². The Balaban J connectivity index is 1.74. The molecule has 3 aliphatic rings. The van der Waals surface area contributed by atoms with Crippen molar-refractivity contribution in [2.75, 3.05) is 13.7 Å². The number of nitrogens with zero attached hydrogens (tertiary/aromatic N) is 1. The highest BCUT2D eigenvalue weighted by atomic mass is 16.5. The van der Waals surface area contributed by atoms with Crippen LogP contribution in [0.4, 0.5) is 4.79 Å². The molecule has 104 valence electrons. The third kappa shape index (κ3) is 1.89. The molecule has 2 aliphatic carbocycles. The molecule has 3 rings (SSSR count). The van der Waals surface area contributed by atoms with E-state index in [0.29, 0.717) is 11.8 Å². The monoisotopic (exact) mass is 266 g/mol. The second-order valence-corrected chi connectivity index (χ2v) is 5.63. The molecule has 0 aromatic rings. The van der Waals surface area contributed by atoms with Crippen LogP contribution in [0.15, 0.2) is 0 Å². The van der Waals surface area contributed by atoms with E-state index in [9.17, 15) is 14.4 Å². The van der Waals surface area contributed by atoms with Gasteiger partial charge < -0.3 is 10.1 Å². The fraction of sp³-hybridized carbons (Fsp3) is 0.769. The normalized spacial score (nSPS) is 25.4. The van der Waals surface area contributed by atoms with E-state index in [0.717, 1.165) is 25.7 Å². The van der Waals surface area contributed by atoms with Gasteiger partial charge in [0, 0.05) is 6.54 Å². The van der Waals surface area contributed by atoms with Gasteiger partial charge in [-0.25, -0.2) is 4.79 Å². The summed E-state index contributed by atoms with van der Waals surface area (Å²) in [5.41, 5.74) is -0.660. The lowest BCUT2D eigenvalue weighted by molar-refractivity contribution is -0.141. The third-order valence-corrected chi connectivity index (χ3v) is 4.37. The first kappa shape index (κ1) is 12.4. The molecule has 3 fully saturated rings. The highest BCUT2D eigenvalue weighted by Crippen LogP contribution is 2.54. The van der Waals surface area contributed by atoms with Crippen LogP contribution < -0.4 is 5.32 Å². The molecule has 3 amide bonds. The minimum atomic E-state index is -0.660. The lowest BCUT2D eigenvalue weighted by Crippen LogP contribution is -2.51. The van der Waals surface area contributed by atoms with Gasteiger partial charge in [0.2, 0.25) is 0 Å². The Labute approximate surface area is 111 Å². The van der Waals surface area contributed by atoms with Crippen LogP contribution in [0, 0.1) is 11.8 Å². The number of esters is 1. The molecule has 1 N–H and O–H groups in total. The summed E-state index contributed by atoms with van der Waals surface area (Å²) in [6.07, 6.45) is 4.09. The minimum absolute atomic E-state index is 0.0566. The molecule has 0 radical (unpaired) electrons. The zero-order valence-corrected chi connectivity index (χ0v) is 11.0. The van der Waals surface area contributed by atoms with Crippen molar-refractivity contribution in [2.45, 2.75) is 37.6 Å². The molecule has 0 aromatic heterocycles. The maximum Gasteiger partial charge on any atom is 0.325 e. The number of nitrogens with one attached hydrogen (secondary N) is 1. The number of carbonyl (C=O) groups excluding carboxylic acids is 3. The summed E-state index contributed by atoms with van der Waals surface area (Å²) in [6.45, 7) is 0.110. The largest absolute Gasteiger partial charge is 0.469 e. The topological polar surface area (TPSA) is 75.7 Å². The molecule has 1 saturated heterocycles. The van der Waals surface area contributed by atoms with Crippen LogP contribution in [0.2, 0.25) is 0 Å². The van der Waals surface area contributed by atoms with E-state index in [1.165, 1.54) is 12.0 Å². The number of imide groups is 1. The van der Waals surface area contributed by atoms with E-state index in [-0.39, 0.29) is 24.9 Å². The summed E-state index contributed by atoms with van der Waals surface area (Å²) in [7, 11) is 1.30. The zero-order chi connectivity index (χ0) is 13.6. The predicted octanol–water partition coefficient (Wildman–Crippen LogP) is 0.660. The SMILES string of the molecule is COC(=O)CCN1C(=O)NC(C2CC2)(C2CC2)C1=O. The number of carbonyl (C=O) groups is 3. The van der Waals surface area contributed by atoms with Gasteiger partial charge in [0.25, 0.3) is 5.91 Å². The van der Waals surface area contributed by atoms with Gasteiger partial charge in [0.05, 0.1) is 13.5 Å². The predicted molar refractivity (Wildman–Crippen MR) is 65.1 cm³/mol. The van der Waals surface area contributed by atoms with Crippen molar-refractivity contribution in [2.24, 2.45) is 11.8 Å². The highest BCUT2D eigenvalue weighted by molar-refractivity contribution is 6.08. The van der Waals surface area contributed by atoms with E-state index >= 15 is 0 Å². The van der Waals surface area contributed by atoms with Gasteiger partial charge in [-0.05, 0) is 37.5 Å². The standard InChI is InChI=1S/C13H18N2O4/c1-19-10(16)6-7-15-11(17)13(8-2-3-8,9-4-5-9)14-12(15)18/h8-9H,2-7H2,1H3,(H,14,18). The second kappa shape index (κ2) is 4.21. The number of ether oxygens (including phenoxy) is 1. The number of methoxy groups -OCH3 is 1. The molecular formula is C13H18N2O4. The second-order valence-electron chi connectivity index (χ2n) is 5.63. The Bertz CT molecular complexity index is 428. The van der Waals surface area contributed by atoms with E-state index in [2.05, 4.69) is 10.1 Å². The first-order valence-corrected chi connectivity index (χ1v) is 6.80. The Morgan fingerprint density at radius 3 is 2.37 bits per heavy atom. The van der Waals surface area contributed by atoms with Crippen molar-refractivity contribution in [1.29, 1.82) is 0 Å². The first-order chi connectivity index (χ1) is 9.09. The summed E-state index contributed by atoms with van der Waals surface area (Å²) in [6, 6.07) is -0.354. The minimum Gasteiger partial charge on any atom is -0.469 e. The van der Waals surface area contributed by atoms with Gasteiger partial charge in [0.15, 0.2) is 0 Å². The molecule has 0 bridgehead atoms. The lowest BCUT2D eigenvalue weighted by atomic mass is 9.87. The summed E-state index contributed by atoms with van der Waals surface area (Å²) in [5.74, 6) is 0.0431. The number of hydrogen-bond donors (Lipinski definition) is 1. The van der Waals surface area contributed by atoms with Crippen LogP contribution in [-0.2, 0) is 14.3 Å². The van der Waals surface area contributed by atoms with Gasteiger partial charge >= 0.3 is 12.0 Å². The number of urea groups is 1. The fourth-order valence-electron chi connectivity index (χ4n) is 3.09. The average Bonchev–Trinajstić information content (AvgIpc) is 3.28. The quantitative estimate of drug-likeness (QED) is 0.586. The van der Waals surface area contributed by atoms with Crippen molar-refractivity contribution in [3.63, 3.8) is 0 Å². The summed E-state index contributed by atoms with van der Waals surface area (Å²) >= 11 is 0. The Kier molecular flexibility index (Phi) is 2.76. The van der Waals surface area contributed by atoms with Crippen LogP contribution in [0.25, 0.3) is 0 Å². The molecule has 6 nitrogen and oxygen atoms in total. The van der Waals surface area contributed by atoms with Crippen molar-refractivity contribution in [1.82, 2.24) is 10.2 Å². The maximum atomic E-state index is 12.6. The highest BCUT2D eigenvalue weighted by Gasteiger charge is 2.65. The average molecular weight is 266 g/mol. The number of rotatable bonds is 5. The Morgan fingerprint density at radius 2 is 1.89 bits per heavy atom. The Hall–Kier alpha value is -1.59. The van der Waals surface area contributed by atoms with Crippen molar-refractivity contribution in [3.05, 3.63) is 0 Å². The van der Waals surface area contributed by atoms with Crippen molar-refractivity contribution >= 4 is 17.9 Å². The van der Waals surface area contributed by atoms with Crippen LogP contribution in [-0.4, -0.2) is 42.0 Å². The van der Waals surface area contributed by atoms with Crippen LogP contribution in [0.5, 0.6) is 0 Å². The van der Waals surface area contributed by atoms with E-state index in [1.807, 2.05) is 0 Å². The number of hydrogen-bond acceptors (Lipinski definition) is 4. The molecule has 19 heavy (non-hydrogen) atoms. The maximum absolute atomic E-state index is 12.6. The van der Waals surface area contributed by atoms with Gasteiger partial charge in [-0.1, -0.05) is 0 Å². The van der Waals surface area contributed by atoms with E-state index in [4.69, 9.17) is 0 Å².